The van der Waals surface area contributed by atoms with Gasteiger partial charge in [-0.25, -0.2) is 0 Å². The first-order chi connectivity index (χ1) is 16.5. The molecule has 0 bridgehead atoms. The fourth-order valence-electron chi connectivity index (χ4n) is 4.29. The van der Waals surface area contributed by atoms with E-state index in [4.69, 9.17) is 15.6 Å². The van der Waals surface area contributed by atoms with Crippen molar-refractivity contribution in [2.45, 2.75) is 38.3 Å². The fraction of sp³-hybridized carbons (Fsp3) is 0.346. The molecule has 1 fully saturated rings. The first-order valence-electron chi connectivity index (χ1n) is 11.7. The Labute approximate surface area is 199 Å². The molecule has 0 aliphatic carbocycles. The molecule has 2 aromatic carbocycles. The first kappa shape index (κ1) is 23.5. The van der Waals surface area contributed by atoms with E-state index in [-0.39, 0.29) is 24.3 Å². The number of aryl methyl sites for hydroxylation is 1. The van der Waals surface area contributed by atoms with Crippen molar-refractivity contribution in [3.05, 3.63) is 65.9 Å². The number of methoxy groups -OCH3 is 1. The normalized spacial score (nSPS) is 15.3. The van der Waals surface area contributed by atoms with Gasteiger partial charge in [0, 0.05) is 23.5 Å². The predicted molar refractivity (Wildman–Crippen MR) is 135 cm³/mol. The smallest absolute Gasteiger partial charge is 0.237 e. The van der Waals surface area contributed by atoms with E-state index in [0.29, 0.717) is 25.2 Å². The number of rotatable bonds is 9. The van der Waals surface area contributed by atoms with Gasteiger partial charge in [0.15, 0.2) is 0 Å². The van der Waals surface area contributed by atoms with Crippen LogP contribution in [0.4, 0.5) is 0 Å². The summed E-state index contributed by atoms with van der Waals surface area (Å²) in [5, 5.41) is 24.7. The highest BCUT2D eigenvalue weighted by Gasteiger charge is 2.23. The number of carbonyl (C=O) groups excluding carboxylic acids is 1. The molecule has 8 nitrogen and oxygen atoms in total. The molecule has 34 heavy (non-hydrogen) atoms. The number of para-hydroxylation sites is 1. The number of aromatic nitrogens is 1. The van der Waals surface area contributed by atoms with Crippen LogP contribution < -0.4 is 15.4 Å². The molecule has 5 N–H and O–H groups in total. The van der Waals surface area contributed by atoms with Gasteiger partial charge in [-0.1, -0.05) is 30.3 Å². The molecular weight excluding hydrogens is 428 g/mol. The third-order valence-corrected chi connectivity index (χ3v) is 6.26. The first-order valence-corrected chi connectivity index (χ1v) is 11.7. The number of amidine groups is 2. The molecule has 1 aromatic heterocycles. The largest absolute Gasteiger partial charge is 0.497 e. The van der Waals surface area contributed by atoms with Crippen LogP contribution in [0.3, 0.4) is 0 Å². The van der Waals surface area contributed by atoms with Crippen LogP contribution in [0.2, 0.25) is 0 Å². The summed E-state index contributed by atoms with van der Waals surface area (Å²) in [5.74, 6) is 1.22. The third kappa shape index (κ3) is 5.63. The summed E-state index contributed by atoms with van der Waals surface area (Å²) < 4.78 is 5.24. The second-order valence-electron chi connectivity index (χ2n) is 8.55. The standard InChI is InChI=1S/C26H32N6O2/c1-34-20-11-8-18(9-12-20)17-32(25(28)16-31-26(33)23-7-4-14-29-23)24(27)13-10-19-15-30-22-6-3-2-5-21(19)22/h2-3,5-6,8-9,11-12,15,23,27-30H,4,7,10,13-14,16-17H2,1H3,(H,31,33). The van der Waals surface area contributed by atoms with Crippen molar-refractivity contribution < 1.29 is 9.53 Å². The van der Waals surface area contributed by atoms with Gasteiger partial charge in [-0.15, -0.1) is 0 Å². The van der Waals surface area contributed by atoms with E-state index in [1.54, 1.807) is 12.0 Å². The lowest BCUT2D eigenvalue weighted by atomic mass is 10.1. The van der Waals surface area contributed by atoms with Gasteiger partial charge in [-0.05, 0) is 55.1 Å². The summed E-state index contributed by atoms with van der Waals surface area (Å²) in [4.78, 5) is 17.4. The maximum absolute atomic E-state index is 12.4. The molecule has 3 aromatic rings. The summed E-state index contributed by atoms with van der Waals surface area (Å²) in [6.45, 7) is 1.31. The molecule has 2 heterocycles. The van der Waals surface area contributed by atoms with Crippen LogP contribution in [0.15, 0.2) is 54.7 Å². The molecule has 178 valence electrons. The van der Waals surface area contributed by atoms with Gasteiger partial charge in [0.1, 0.15) is 17.4 Å². The van der Waals surface area contributed by atoms with Gasteiger partial charge in [-0.2, -0.15) is 0 Å². The molecule has 1 atom stereocenters. The maximum atomic E-state index is 12.4. The second-order valence-corrected chi connectivity index (χ2v) is 8.55. The van der Waals surface area contributed by atoms with Gasteiger partial charge in [-0.3, -0.25) is 15.6 Å². The molecule has 1 amide bonds. The van der Waals surface area contributed by atoms with E-state index in [1.807, 2.05) is 48.7 Å². The Balaban J connectivity index is 1.44. The highest BCUT2D eigenvalue weighted by atomic mass is 16.5. The Morgan fingerprint density at radius 3 is 2.68 bits per heavy atom. The maximum Gasteiger partial charge on any atom is 0.237 e. The molecule has 1 aliphatic rings. The SMILES string of the molecule is COc1ccc(CN(C(=N)CCc2c[nH]c3ccccc23)C(=N)CNC(=O)C2CCCN2)cc1. The van der Waals surface area contributed by atoms with E-state index in [0.717, 1.165) is 47.2 Å². The van der Waals surface area contributed by atoms with Crippen molar-refractivity contribution in [3.63, 3.8) is 0 Å². The number of nitrogens with one attached hydrogen (secondary N) is 5. The van der Waals surface area contributed by atoms with E-state index in [9.17, 15) is 4.79 Å². The molecule has 0 saturated carbocycles. The fourth-order valence-corrected chi connectivity index (χ4v) is 4.29. The summed E-state index contributed by atoms with van der Waals surface area (Å²) >= 11 is 0. The van der Waals surface area contributed by atoms with Gasteiger partial charge in [0.05, 0.1) is 26.2 Å². The quantitative estimate of drug-likeness (QED) is 0.248. The van der Waals surface area contributed by atoms with Gasteiger partial charge >= 0.3 is 0 Å². The number of amides is 1. The number of hydrogen-bond acceptors (Lipinski definition) is 5. The predicted octanol–water partition coefficient (Wildman–Crippen LogP) is 3.43. The summed E-state index contributed by atoms with van der Waals surface area (Å²) in [6, 6.07) is 15.6. The zero-order valence-corrected chi connectivity index (χ0v) is 19.5. The van der Waals surface area contributed by atoms with Crippen LogP contribution in [0, 0.1) is 10.8 Å². The lowest BCUT2D eigenvalue weighted by Gasteiger charge is -2.26. The Hall–Kier alpha value is -3.65. The molecule has 0 spiro atoms. The van der Waals surface area contributed by atoms with Gasteiger partial charge in [0.25, 0.3) is 0 Å². The zero-order chi connectivity index (χ0) is 23.9. The average Bonchev–Trinajstić information content (AvgIpc) is 3.55. The Morgan fingerprint density at radius 2 is 1.94 bits per heavy atom. The number of hydrogen-bond donors (Lipinski definition) is 5. The van der Waals surface area contributed by atoms with Crippen LogP contribution in [0.25, 0.3) is 10.9 Å². The summed E-state index contributed by atoms with van der Waals surface area (Å²) in [6.07, 6.45) is 4.96. The minimum atomic E-state index is -0.191. The summed E-state index contributed by atoms with van der Waals surface area (Å²) in [7, 11) is 1.62. The van der Waals surface area contributed by atoms with Crippen molar-refractivity contribution in [3.8, 4) is 5.75 Å². The minimum Gasteiger partial charge on any atom is -0.497 e. The van der Waals surface area contributed by atoms with Gasteiger partial charge < -0.3 is 25.3 Å². The Morgan fingerprint density at radius 1 is 1.15 bits per heavy atom. The molecule has 1 unspecified atom stereocenters. The zero-order valence-electron chi connectivity index (χ0n) is 19.5. The number of fused-ring (bicyclic) bond motifs is 1. The van der Waals surface area contributed by atoms with Crippen molar-refractivity contribution in [2.75, 3.05) is 20.2 Å². The van der Waals surface area contributed by atoms with E-state index < -0.39 is 0 Å². The molecule has 0 radical (unpaired) electrons. The van der Waals surface area contributed by atoms with Crippen LogP contribution in [0.1, 0.15) is 30.4 Å². The van der Waals surface area contributed by atoms with E-state index in [1.165, 1.54) is 0 Å². The van der Waals surface area contributed by atoms with Crippen LogP contribution in [-0.4, -0.2) is 53.7 Å². The van der Waals surface area contributed by atoms with E-state index in [2.05, 4.69) is 21.7 Å². The van der Waals surface area contributed by atoms with E-state index >= 15 is 0 Å². The molecule has 1 saturated heterocycles. The van der Waals surface area contributed by atoms with Crippen LogP contribution in [-0.2, 0) is 17.8 Å². The molecule has 8 heteroatoms. The number of carbonyl (C=O) groups is 1. The highest BCUT2D eigenvalue weighted by Crippen LogP contribution is 2.20. The highest BCUT2D eigenvalue weighted by molar-refractivity contribution is 6.00. The molecule has 1 aliphatic heterocycles. The Kier molecular flexibility index (Phi) is 7.59. The number of benzene rings is 2. The molecular formula is C26H32N6O2. The van der Waals surface area contributed by atoms with Crippen LogP contribution >= 0.6 is 0 Å². The lowest BCUT2D eigenvalue weighted by Crippen LogP contribution is -2.46. The number of aromatic amines is 1. The van der Waals surface area contributed by atoms with Gasteiger partial charge in [0.2, 0.25) is 5.91 Å². The second kappa shape index (κ2) is 11.0. The van der Waals surface area contributed by atoms with Crippen molar-refractivity contribution in [1.82, 2.24) is 20.5 Å². The third-order valence-electron chi connectivity index (χ3n) is 6.26. The van der Waals surface area contributed by atoms with Crippen molar-refractivity contribution >= 4 is 28.5 Å². The monoisotopic (exact) mass is 460 g/mol. The topological polar surface area (TPSA) is 117 Å². The lowest BCUT2D eigenvalue weighted by molar-refractivity contribution is -0.122. The Bertz CT molecular complexity index is 1150. The number of H-pyrrole nitrogens is 1. The van der Waals surface area contributed by atoms with Crippen LogP contribution in [0.5, 0.6) is 5.75 Å². The molecule has 4 rings (SSSR count). The average molecular weight is 461 g/mol. The van der Waals surface area contributed by atoms with Crippen molar-refractivity contribution in [1.29, 1.82) is 10.8 Å². The number of ether oxygens (including phenoxy) is 1. The minimum absolute atomic E-state index is 0.0859. The van der Waals surface area contributed by atoms with Crippen molar-refractivity contribution in [2.24, 2.45) is 0 Å². The summed E-state index contributed by atoms with van der Waals surface area (Å²) in [5.41, 5.74) is 3.19. The number of nitrogens with zero attached hydrogens (tertiary/aromatic N) is 1.